The van der Waals surface area contributed by atoms with Crippen LogP contribution in [0.15, 0.2) is 28.9 Å². The second kappa shape index (κ2) is 8.83. The highest BCUT2D eigenvalue weighted by Crippen LogP contribution is 2.22. The highest BCUT2D eigenvalue weighted by Gasteiger charge is 2.16. The summed E-state index contributed by atoms with van der Waals surface area (Å²) in [6.45, 7) is 4.58. The van der Waals surface area contributed by atoms with Gasteiger partial charge in [0.15, 0.2) is 4.34 Å². The first-order chi connectivity index (χ1) is 11.1. The smallest absolute Gasteiger partial charge is 0.317 e. The fraction of sp³-hybridized carbons (Fsp3) is 0.467. The van der Waals surface area contributed by atoms with E-state index in [0.717, 1.165) is 27.1 Å². The predicted molar refractivity (Wildman–Crippen MR) is 93.8 cm³/mol. The zero-order valence-electron chi connectivity index (χ0n) is 13.5. The maximum atomic E-state index is 12.2. The lowest BCUT2D eigenvalue weighted by atomic mass is 10.1. The normalized spacial score (nSPS) is 12.0. The summed E-state index contributed by atoms with van der Waals surface area (Å²) in [5, 5.41) is 12.0. The predicted octanol–water partition coefficient (Wildman–Crippen LogP) is 3.13. The van der Waals surface area contributed by atoms with E-state index >= 15 is 0 Å². The zero-order valence-corrected chi connectivity index (χ0v) is 15.2. The monoisotopic (exact) mass is 351 g/mol. The second-order valence-electron chi connectivity index (χ2n) is 5.09. The van der Waals surface area contributed by atoms with Crippen molar-refractivity contribution in [3.05, 3.63) is 35.1 Å². The quantitative estimate of drug-likeness (QED) is 0.613. The van der Waals surface area contributed by atoms with Gasteiger partial charge in [-0.15, -0.1) is 10.2 Å². The van der Waals surface area contributed by atoms with Crippen molar-refractivity contribution in [2.45, 2.75) is 30.6 Å². The van der Waals surface area contributed by atoms with Gasteiger partial charge in [-0.3, -0.25) is 4.98 Å². The van der Waals surface area contributed by atoms with E-state index in [1.165, 1.54) is 0 Å². The third-order valence-electron chi connectivity index (χ3n) is 3.40. The van der Waals surface area contributed by atoms with Crippen LogP contribution >= 0.6 is 23.1 Å². The van der Waals surface area contributed by atoms with Crippen LogP contribution in [-0.2, 0) is 0 Å². The van der Waals surface area contributed by atoms with Crippen molar-refractivity contribution in [3.63, 3.8) is 0 Å². The van der Waals surface area contributed by atoms with Crippen LogP contribution in [0, 0.1) is 6.92 Å². The van der Waals surface area contributed by atoms with Crippen LogP contribution in [0.5, 0.6) is 0 Å². The fourth-order valence-electron chi connectivity index (χ4n) is 1.91. The van der Waals surface area contributed by atoms with Crippen molar-refractivity contribution >= 4 is 29.1 Å². The lowest BCUT2D eigenvalue weighted by Crippen LogP contribution is -2.39. The summed E-state index contributed by atoms with van der Waals surface area (Å²) in [5.74, 6) is 0.913. The molecule has 1 N–H and O–H groups in total. The molecule has 0 saturated heterocycles. The number of thioether (sulfide) groups is 1. The molecule has 23 heavy (non-hydrogen) atoms. The SMILES string of the molecule is Cc1nnc(SCCCNC(=O)N(C)[C@@H](C)c2cccnc2)s1. The third-order valence-corrected chi connectivity index (χ3v) is 5.46. The summed E-state index contributed by atoms with van der Waals surface area (Å²) in [4.78, 5) is 17.9. The lowest BCUT2D eigenvalue weighted by Gasteiger charge is -2.25. The highest BCUT2D eigenvalue weighted by atomic mass is 32.2. The van der Waals surface area contributed by atoms with Gasteiger partial charge in [-0.25, -0.2) is 4.79 Å². The molecule has 2 aromatic rings. The average Bonchev–Trinajstić information content (AvgIpc) is 2.99. The number of carbonyl (C=O) groups is 1. The van der Waals surface area contributed by atoms with E-state index in [4.69, 9.17) is 0 Å². The molecule has 0 spiro atoms. The number of amides is 2. The third kappa shape index (κ3) is 5.47. The number of carbonyl (C=O) groups excluding carboxylic acids is 1. The maximum absolute atomic E-state index is 12.2. The summed E-state index contributed by atoms with van der Waals surface area (Å²) < 4.78 is 0.983. The van der Waals surface area contributed by atoms with Crippen LogP contribution in [0.3, 0.4) is 0 Å². The number of nitrogens with zero attached hydrogens (tertiary/aromatic N) is 4. The Morgan fingerprint density at radius 3 is 2.96 bits per heavy atom. The molecule has 0 saturated carbocycles. The number of nitrogens with one attached hydrogen (secondary N) is 1. The van der Waals surface area contributed by atoms with Gasteiger partial charge in [0.2, 0.25) is 0 Å². The molecule has 6 nitrogen and oxygen atoms in total. The molecule has 0 aromatic carbocycles. The Morgan fingerprint density at radius 2 is 2.30 bits per heavy atom. The van der Waals surface area contributed by atoms with Gasteiger partial charge in [0, 0.05) is 31.7 Å². The number of hydrogen-bond acceptors (Lipinski definition) is 6. The van der Waals surface area contributed by atoms with Crippen molar-refractivity contribution in [1.82, 2.24) is 25.4 Å². The van der Waals surface area contributed by atoms with Gasteiger partial charge >= 0.3 is 6.03 Å². The van der Waals surface area contributed by atoms with Crippen molar-refractivity contribution in [3.8, 4) is 0 Å². The van der Waals surface area contributed by atoms with Crippen LogP contribution in [0.1, 0.15) is 30.0 Å². The molecule has 8 heteroatoms. The van der Waals surface area contributed by atoms with Crippen molar-refractivity contribution in [2.24, 2.45) is 0 Å². The van der Waals surface area contributed by atoms with Gasteiger partial charge in [-0.2, -0.15) is 0 Å². The molecule has 0 bridgehead atoms. The molecule has 0 aliphatic rings. The summed E-state index contributed by atoms with van der Waals surface area (Å²) in [6, 6.07) is 3.77. The minimum atomic E-state index is -0.0712. The van der Waals surface area contributed by atoms with Crippen molar-refractivity contribution in [1.29, 1.82) is 0 Å². The van der Waals surface area contributed by atoms with E-state index < -0.39 is 0 Å². The van der Waals surface area contributed by atoms with Gasteiger partial charge in [-0.1, -0.05) is 29.2 Å². The van der Waals surface area contributed by atoms with Crippen molar-refractivity contribution < 1.29 is 4.79 Å². The molecule has 2 aromatic heterocycles. The van der Waals surface area contributed by atoms with Gasteiger partial charge in [-0.05, 0) is 31.9 Å². The number of rotatable bonds is 7. The number of urea groups is 1. The minimum absolute atomic E-state index is 0.0116. The van der Waals surface area contributed by atoms with Gasteiger partial charge < -0.3 is 10.2 Å². The van der Waals surface area contributed by atoms with E-state index in [1.54, 1.807) is 47.4 Å². The molecule has 124 valence electrons. The van der Waals surface area contributed by atoms with Crippen molar-refractivity contribution in [2.75, 3.05) is 19.3 Å². The molecular weight excluding hydrogens is 330 g/mol. The topological polar surface area (TPSA) is 71.0 Å². The van der Waals surface area contributed by atoms with Gasteiger partial charge in [0.25, 0.3) is 0 Å². The number of hydrogen-bond donors (Lipinski definition) is 1. The highest BCUT2D eigenvalue weighted by molar-refractivity contribution is 8.01. The minimum Gasteiger partial charge on any atom is -0.338 e. The Bertz CT molecular complexity index is 619. The molecule has 0 radical (unpaired) electrons. The molecule has 1 atom stereocenters. The molecule has 2 heterocycles. The van der Waals surface area contributed by atoms with E-state index in [0.29, 0.717) is 6.54 Å². The zero-order chi connectivity index (χ0) is 16.7. The molecule has 0 aliphatic carbocycles. The molecular formula is C15H21N5OS2. The number of aryl methyl sites for hydroxylation is 1. The van der Waals surface area contributed by atoms with Crippen LogP contribution in [0.25, 0.3) is 0 Å². The Kier molecular flexibility index (Phi) is 6.79. The molecule has 0 aliphatic heterocycles. The largest absolute Gasteiger partial charge is 0.338 e. The standard InChI is InChI=1S/C15H21N5OS2/c1-11(13-6-4-7-16-10-13)20(3)14(21)17-8-5-9-22-15-19-18-12(2)23-15/h4,6-7,10-11H,5,8-9H2,1-3H3,(H,17,21)/t11-/m0/s1. The molecule has 2 amide bonds. The molecule has 2 rings (SSSR count). The van der Waals surface area contributed by atoms with E-state index in [-0.39, 0.29) is 12.1 Å². The molecule has 0 fully saturated rings. The maximum Gasteiger partial charge on any atom is 0.317 e. The number of aromatic nitrogens is 3. The summed E-state index contributed by atoms with van der Waals surface area (Å²) in [5.41, 5.74) is 1.02. The van der Waals surface area contributed by atoms with Gasteiger partial charge in [0.05, 0.1) is 6.04 Å². The average molecular weight is 352 g/mol. The van der Waals surface area contributed by atoms with Crippen LogP contribution in [0.4, 0.5) is 4.79 Å². The first-order valence-corrected chi connectivity index (χ1v) is 9.21. The van der Waals surface area contributed by atoms with E-state index in [1.807, 2.05) is 26.0 Å². The first-order valence-electron chi connectivity index (χ1n) is 7.41. The Hall–Kier alpha value is -1.67. The van der Waals surface area contributed by atoms with E-state index in [2.05, 4.69) is 20.5 Å². The molecule has 0 unspecified atom stereocenters. The second-order valence-corrected chi connectivity index (χ2v) is 7.62. The number of pyridine rings is 1. The van der Waals surface area contributed by atoms with Gasteiger partial charge in [0.1, 0.15) is 5.01 Å². The lowest BCUT2D eigenvalue weighted by molar-refractivity contribution is 0.194. The van der Waals surface area contributed by atoms with Crippen LogP contribution in [0.2, 0.25) is 0 Å². The Labute approximate surface area is 144 Å². The summed E-state index contributed by atoms with van der Waals surface area (Å²) in [6.07, 6.45) is 4.41. The Balaban J connectivity index is 1.67. The Morgan fingerprint density at radius 1 is 1.48 bits per heavy atom. The van der Waals surface area contributed by atoms with Crippen LogP contribution in [-0.4, -0.2) is 45.5 Å². The van der Waals surface area contributed by atoms with Crippen LogP contribution < -0.4 is 5.32 Å². The summed E-state index contributed by atoms with van der Waals surface area (Å²) >= 11 is 3.27. The first kappa shape index (κ1) is 17.7. The fourth-order valence-corrected chi connectivity index (χ4v) is 3.74. The summed E-state index contributed by atoms with van der Waals surface area (Å²) in [7, 11) is 1.80. The van der Waals surface area contributed by atoms with E-state index in [9.17, 15) is 4.79 Å².